The molecule has 4 rings (SSSR count). The minimum atomic E-state index is -0.950. The van der Waals surface area contributed by atoms with E-state index in [0.29, 0.717) is 36.1 Å². The summed E-state index contributed by atoms with van der Waals surface area (Å²) in [4.78, 5) is 52.0. The number of nitrogens with one attached hydrogen (secondary N) is 3. The average molecular weight is 710 g/mol. The molecule has 2 bridgehead atoms. The molecular weight excluding hydrogens is 658 g/mol. The summed E-state index contributed by atoms with van der Waals surface area (Å²) in [5.41, 5.74) is 1.94. The number of benzene rings is 1. The van der Waals surface area contributed by atoms with Crippen LogP contribution in [0, 0.1) is 11.8 Å². The van der Waals surface area contributed by atoms with Crippen LogP contribution >= 0.6 is 11.8 Å². The van der Waals surface area contributed by atoms with E-state index in [-0.39, 0.29) is 47.3 Å². The molecule has 2 heterocycles. The lowest BCUT2D eigenvalue weighted by atomic mass is 9.88. The van der Waals surface area contributed by atoms with E-state index in [0.717, 1.165) is 37.0 Å². The van der Waals surface area contributed by atoms with Crippen LogP contribution in [0.3, 0.4) is 0 Å². The van der Waals surface area contributed by atoms with Gasteiger partial charge in [0.2, 0.25) is 17.7 Å². The first-order chi connectivity index (χ1) is 24.0. The Morgan fingerprint density at radius 1 is 1.04 bits per heavy atom. The van der Waals surface area contributed by atoms with E-state index >= 15 is 0 Å². The van der Waals surface area contributed by atoms with E-state index in [1.54, 1.807) is 44.2 Å². The molecular formula is C38H51N3O8S. The fourth-order valence-electron chi connectivity index (χ4n) is 6.40. The maximum Gasteiger partial charge on any atom is 0.328 e. The lowest BCUT2D eigenvalue weighted by Crippen LogP contribution is -2.45. The lowest BCUT2D eigenvalue weighted by Gasteiger charge is -2.29. The molecule has 1 saturated carbocycles. The topological polar surface area (TPSA) is 163 Å². The number of hydrogen-bond donors (Lipinski definition) is 5. The van der Waals surface area contributed by atoms with E-state index in [9.17, 15) is 29.4 Å². The van der Waals surface area contributed by atoms with Crippen molar-refractivity contribution in [2.75, 3.05) is 23.5 Å². The summed E-state index contributed by atoms with van der Waals surface area (Å²) in [7, 11) is 1.50. The second-order valence-electron chi connectivity index (χ2n) is 13.3. The van der Waals surface area contributed by atoms with Gasteiger partial charge in [-0.1, -0.05) is 68.7 Å². The molecule has 0 radical (unpaired) electrons. The third kappa shape index (κ3) is 10.8. The molecule has 3 aliphatic rings. The maximum absolute atomic E-state index is 13.2. The number of allylic oxidation sites excluding steroid dienone is 5. The molecule has 0 spiro atoms. The zero-order valence-corrected chi connectivity index (χ0v) is 30.2. The largest absolute Gasteiger partial charge is 0.505 e. The smallest absolute Gasteiger partial charge is 0.328 e. The summed E-state index contributed by atoms with van der Waals surface area (Å²) in [6, 6.07) is 0.728. The van der Waals surface area contributed by atoms with Crippen molar-refractivity contribution in [1.29, 1.82) is 0 Å². The zero-order valence-electron chi connectivity index (χ0n) is 29.4. The summed E-state index contributed by atoms with van der Waals surface area (Å²) < 4.78 is 11.4. The summed E-state index contributed by atoms with van der Waals surface area (Å²) in [5.74, 6) is -1.70. The third-order valence-corrected chi connectivity index (χ3v) is 10.6. The Bertz CT molecular complexity index is 1510. The molecule has 1 fully saturated rings. The normalized spacial score (nSPS) is 27.8. The molecule has 12 heteroatoms. The van der Waals surface area contributed by atoms with Crippen molar-refractivity contribution in [2.45, 2.75) is 108 Å². The molecule has 272 valence electrons. The zero-order chi connectivity index (χ0) is 36.2. The molecule has 5 N–H and O–H groups in total. The fourth-order valence-corrected chi connectivity index (χ4v) is 7.39. The minimum absolute atomic E-state index is 0.00602. The number of hydrogen-bond acceptors (Lipinski definition) is 9. The number of esters is 1. The molecule has 1 aromatic rings. The van der Waals surface area contributed by atoms with E-state index < -0.39 is 36.2 Å². The quantitative estimate of drug-likeness (QED) is 0.111. The number of aliphatic hydroxyl groups is 1. The van der Waals surface area contributed by atoms with Gasteiger partial charge in [0.25, 0.3) is 0 Å². The van der Waals surface area contributed by atoms with Gasteiger partial charge in [-0.05, 0) is 51.2 Å². The monoisotopic (exact) mass is 709 g/mol. The number of fused-ring (bicyclic) bond motifs is 4. The fraction of sp³-hybridized carbons (Fsp3) is 0.526. The second-order valence-corrected chi connectivity index (χ2v) is 14.2. The molecule has 0 unspecified atom stereocenters. The van der Waals surface area contributed by atoms with Crippen molar-refractivity contribution in [3.05, 3.63) is 59.7 Å². The second kappa shape index (κ2) is 18.9. The van der Waals surface area contributed by atoms with Crippen molar-refractivity contribution in [3.8, 4) is 5.75 Å². The molecule has 0 aromatic heterocycles. The Kier molecular flexibility index (Phi) is 14.7. The van der Waals surface area contributed by atoms with Crippen LogP contribution < -0.4 is 16.0 Å². The van der Waals surface area contributed by atoms with Crippen LogP contribution in [-0.4, -0.2) is 71.1 Å². The molecule has 1 aliphatic carbocycles. The van der Waals surface area contributed by atoms with Gasteiger partial charge in [-0.2, -0.15) is 0 Å². The number of amides is 3. The first kappa shape index (κ1) is 38.9. The molecule has 5 atom stereocenters. The predicted octanol–water partition coefficient (Wildman–Crippen LogP) is 5.73. The van der Waals surface area contributed by atoms with E-state index in [2.05, 4.69) is 16.0 Å². The molecule has 0 saturated heterocycles. The van der Waals surface area contributed by atoms with Gasteiger partial charge in [-0.25, -0.2) is 4.79 Å². The number of ether oxygens (including phenoxy) is 2. The van der Waals surface area contributed by atoms with Crippen molar-refractivity contribution in [2.24, 2.45) is 11.8 Å². The highest BCUT2D eigenvalue weighted by molar-refractivity contribution is 8.00. The van der Waals surface area contributed by atoms with Crippen LogP contribution in [0.4, 0.5) is 11.4 Å². The molecule has 11 nitrogen and oxygen atoms in total. The Hall–Kier alpha value is -3.87. The van der Waals surface area contributed by atoms with Crippen LogP contribution in [0.15, 0.2) is 59.1 Å². The molecule has 1 aromatic carbocycles. The summed E-state index contributed by atoms with van der Waals surface area (Å²) in [5, 5.41) is 31.2. The Morgan fingerprint density at radius 3 is 2.50 bits per heavy atom. The van der Waals surface area contributed by atoms with Gasteiger partial charge in [0.1, 0.15) is 17.9 Å². The first-order valence-electron chi connectivity index (χ1n) is 17.5. The Balaban J connectivity index is 1.58. The number of thioether (sulfide) groups is 1. The van der Waals surface area contributed by atoms with Crippen molar-refractivity contribution in [1.82, 2.24) is 5.32 Å². The van der Waals surface area contributed by atoms with Crippen LogP contribution in [-0.2, 0) is 35.1 Å². The van der Waals surface area contributed by atoms with Gasteiger partial charge in [0.05, 0.1) is 35.8 Å². The number of anilines is 2. The van der Waals surface area contributed by atoms with Gasteiger partial charge in [0.15, 0.2) is 0 Å². The number of phenols is 1. The van der Waals surface area contributed by atoms with Crippen molar-refractivity contribution < 1.29 is 38.9 Å². The van der Waals surface area contributed by atoms with Crippen molar-refractivity contribution >= 4 is 46.8 Å². The minimum Gasteiger partial charge on any atom is -0.505 e. The number of aliphatic hydroxyl groups excluding tert-OH is 1. The van der Waals surface area contributed by atoms with E-state index in [1.807, 2.05) is 25.2 Å². The average Bonchev–Trinajstić information content (AvgIpc) is 3.10. The highest BCUT2D eigenvalue weighted by Gasteiger charge is 2.31. The molecule has 2 aliphatic heterocycles. The first-order valence-corrected chi connectivity index (χ1v) is 18.5. The van der Waals surface area contributed by atoms with Gasteiger partial charge in [-0.15, -0.1) is 11.8 Å². The summed E-state index contributed by atoms with van der Waals surface area (Å²) in [6.07, 6.45) is 16.4. The SMILES string of the molecule is CO[C@H]1\C=C/C=C\C=C/C[C@H](OC(=O)[C@@H](C)NC(=O)C2CCCCC2)[C@H](C)[C@@H](O)/C(C)=C\CCc2c(O)c(cc3c2SCC(=O)N3)NC(=O)C1. The highest BCUT2D eigenvalue weighted by atomic mass is 32.2. The summed E-state index contributed by atoms with van der Waals surface area (Å²) >= 11 is 1.32. The van der Waals surface area contributed by atoms with E-state index in [1.165, 1.54) is 18.9 Å². The third-order valence-electron chi connectivity index (χ3n) is 9.46. The number of carbonyl (C=O) groups excluding carboxylic acids is 4. The van der Waals surface area contributed by atoms with E-state index in [4.69, 9.17) is 9.47 Å². The standard InChI is InChI=1S/C38H51N3O8S/c1-23-14-13-18-28-35(45)29(21-30-36(28)50-22-33(43)41-30)40-32(42)20-27(48-4)17-11-6-5-7-12-19-31(24(2)34(23)44)49-38(47)25(3)39-37(46)26-15-9-8-10-16-26/h5-7,11-12,14,17,21,24-27,31,34,44-45H,8-10,13,15-16,18-20,22H2,1-4H3,(H,39,46)(H,40,42)(H,41,43)/b6-5-,12-7-,17-11-,23-14-/t24-,25+,27-,31-,34-/m0/s1. The van der Waals surface area contributed by atoms with Gasteiger partial charge in [-0.3, -0.25) is 14.4 Å². The van der Waals surface area contributed by atoms with Crippen LogP contribution in [0.1, 0.15) is 77.7 Å². The van der Waals surface area contributed by atoms with Crippen LogP contribution in [0.2, 0.25) is 0 Å². The molecule has 50 heavy (non-hydrogen) atoms. The number of aromatic hydroxyl groups is 1. The Labute approximate surface area is 299 Å². The lowest BCUT2D eigenvalue weighted by molar-refractivity contribution is -0.156. The highest BCUT2D eigenvalue weighted by Crippen LogP contribution is 2.44. The van der Waals surface area contributed by atoms with Crippen LogP contribution in [0.25, 0.3) is 0 Å². The molecule has 3 amide bonds. The van der Waals surface area contributed by atoms with Gasteiger partial charge < -0.3 is 35.6 Å². The van der Waals surface area contributed by atoms with Crippen LogP contribution in [0.5, 0.6) is 5.75 Å². The predicted molar refractivity (Wildman–Crippen MR) is 195 cm³/mol. The number of rotatable bonds is 5. The van der Waals surface area contributed by atoms with Gasteiger partial charge in [0, 0.05) is 35.8 Å². The number of carbonyl (C=O) groups is 4. The summed E-state index contributed by atoms with van der Waals surface area (Å²) in [6.45, 7) is 5.25. The van der Waals surface area contributed by atoms with Crippen molar-refractivity contribution in [3.63, 3.8) is 0 Å². The Morgan fingerprint density at radius 2 is 1.76 bits per heavy atom. The number of methoxy groups -OCH3 is 1. The number of phenolic OH excluding ortho intramolecular Hbond substituents is 1. The maximum atomic E-state index is 13.2. The van der Waals surface area contributed by atoms with Gasteiger partial charge >= 0.3 is 5.97 Å².